The minimum Gasteiger partial charge on any atom is -0.507 e. The van der Waals surface area contributed by atoms with Gasteiger partial charge >= 0.3 is 0 Å². The van der Waals surface area contributed by atoms with Crippen LogP contribution in [0.2, 0.25) is 10.0 Å². The topological polar surface area (TPSA) is 85.3 Å². The highest BCUT2D eigenvalue weighted by molar-refractivity contribution is 6.52. The number of ether oxygens (including phenoxy) is 3. The summed E-state index contributed by atoms with van der Waals surface area (Å²) in [4.78, 5) is 28.0. The van der Waals surface area contributed by atoms with Crippen LogP contribution in [0.3, 0.4) is 0 Å². The van der Waals surface area contributed by atoms with Gasteiger partial charge in [0.05, 0.1) is 43.5 Å². The number of benzene rings is 3. The van der Waals surface area contributed by atoms with E-state index in [2.05, 4.69) is 0 Å². The number of nitrogens with zero attached hydrogens (tertiary/aromatic N) is 1. The molecule has 1 aliphatic rings. The number of Topliss-reactive ketones (excluding diaryl/α,β-unsaturated/α-hetero) is 1. The van der Waals surface area contributed by atoms with Crippen molar-refractivity contribution in [3.63, 3.8) is 0 Å². The van der Waals surface area contributed by atoms with Crippen LogP contribution < -0.4 is 19.1 Å². The van der Waals surface area contributed by atoms with Crippen molar-refractivity contribution in [3.05, 3.63) is 87.4 Å². The van der Waals surface area contributed by atoms with E-state index in [1.807, 2.05) is 6.07 Å². The summed E-state index contributed by atoms with van der Waals surface area (Å²) in [6.45, 7) is 0. The number of methoxy groups -OCH3 is 3. The molecule has 1 aliphatic heterocycles. The van der Waals surface area contributed by atoms with Crippen LogP contribution in [0.15, 0.2) is 66.2 Å². The number of rotatable bonds is 6. The molecular formula is C26H21Cl2NO6. The second kappa shape index (κ2) is 9.90. The molecule has 3 aromatic rings. The number of amides is 1. The molecule has 1 N–H and O–H groups in total. The first-order chi connectivity index (χ1) is 16.8. The molecule has 1 amide bonds. The largest absolute Gasteiger partial charge is 0.507 e. The van der Waals surface area contributed by atoms with Crippen molar-refractivity contribution in [2.24, 2.45) is 0 Å². The fourth-order valence-corrected chi connectivity index (χ4v) is 4.79. The number of ketones is 1. The normalized spacial score (nSPS) is 16.9. The fraction of sp³-hybridized carbons (Fsp3) is 0.154. The van der Waals surface area contributed by atoms with Crippen molar-refractivity contribution in [1.29, 1.82) is 0 Å². The van der Waals surface area contributed by atoms with Crippen LogP contribution in [-0.4, -0.2) is 38.1 Å². The van der Waals surface area contributed by atoms with Crippen molar-refractivity contribution in [2.45, 2.75) is 6.04 Å². The van der Waals surface area contributed by atoms with Gasteiger partial charge in [0.25, 0.3) is 11.7 Å². The smallest absolute Gasteiger partial charge is 0.300 e. The van der Waals surface area contributed by atoms with E-state index < -0.39 is 23.5 Å². The van der Waals surface area contributed by atoms with Gasteiger partial charge in [-0.3, -0.25) is 14.5 Å². The summed E-state index contributed by atoms with van der Waals surface area (Å²) in [6, 6.07) is 16.1. The van der Waals surface area contributed by atoms with Gasteiger partial charge in [-0.15, -0.1) is 0 Å². The van der Waals surface area contributed by atoms with Gasteiger partial charge in [-0.2, -0.15) is 0 Å². The molecule has 0 bridgehead atoms. The van der Waals surface area contributed by atoms with Crippen LogP contribution in [0.5, 0.6) is 17.2 Å². The lowest BCUT2D eigenvalue weighted by Crippen LogP contribution is -2.29. The molecule has 7 nitrogen and oxygen atoms in total. The standard InChI is InChI=1S/C26H21Cl2NO6/c1-33-16-11-7-10-15(12-16)29-21(14-8-5-4-6-9-14)19(23(31)26(29)32)22(30)17-13-18(27)25(35-3)20(28)24(17)34-2/h4-13,21,30H,1-3H3/b22-19+. The second-order valence-corrected chi connectivity index (χ2v) is 8.35. The molecule has 0 aliphatic carbocycles. The molecule has 3 aromatic carbocycles. The zero-order valence-corrected chi connectivity index (χ0v) is 20.6. The molecule has 0 spiro atoms. The average Bonchev–Trinajstić information content (AvgIpc) is 3.14. The van der Waals surface area contributed by atoms with E-state index in [0.717, 1.165) is 0 Å². The fourth-order valence-electron chi connectivity index (χ4n) is 4.10. The van der Waals surface area contributed by atoms with E-state index >= 15 is 0 Å². The van der Waals surface area contributed by atoms with Crippen LogP contribution in [0.1, 0.15) is 17.2 Å². The van der Waals surface area contributed by atoms with Crippen LogP contribution in [0.25, 0.3) is 5.76 Å². The highest BCUT2D eigenvalue weighted by Crippen LogP contribution is 2.48. The highest BCUT2D eigenvalue weighted by Gasteiger charge is 2.47. The Labute approximate surface area is 212 Å². The molecule has 9 heteroatoms. The van der Waals surface area contributed by atoms with E-state index in [0.29, 0.717) is 17.0 Å². The van der Waals surface area contributed by atoms with Crippen LogP contribution >= 0.6 is 23.2 Å². The van der Waals surface area contributed by atoms with Gasteiger partial charge in [-0.05, 0) is 23.8 Å². The summed E-state index contributed by atoms with van der Waals surface area (Å²) >= 11 is 12.7. The highest BCUT2D eigenvalue weighted by atomic mass is 35.5. The molecule has 1 saturated heterocycles. The van der Waals surface area contributed by atoms with Gasteiger partial charge in [0.1, 0.15) is 16.5 Å². The summed E-state index contributed by atoms with van der Waals surface area (Å²) in [7, 11) is 4.25. The Morgan fingerprint density at radius 2 is 1.57 bits per heavy atom. The first-order valence-corrected chi connectivity index (χ1v) is 11.2. The first-order valence-electron chi connectivity index (χ1n) is 10.4. The number of hydrogen-bond donors (Lipinski definition) is 1. The van der Waals surface area contributed by atoms with E-state index in [-0.39, 0.29) is 32.7 Å². The minimum atomic E-state index is -0.937. The molecule has 180 valence electrons. The number of halogens is 2. The van der Waals surface area contributed by atoms with Crippen LogP contribution in [0, 0.1) is 0 Å². The van der Waals surface area contributed by atoms with E-state index in [1.165, 1.54) is 32.3 Å². The monoisotopic (exact) mass is 513 g/mol. The maximum atomic E-state index is 13.4. The third-order valence-corrected chi connectivity index (χ3v) is 6.31. The molecule has 35 heavy (non-hydrogen) atoms. The Morgan fingerprint density at radius 3 is 2.20 bits per heavy atom. The maximum Gasteiger partial charge on any atom is 0.300 e. The Bertz CT molecular complexity index is 1340. The number of anilines is 1. The zero-order valence-electron chi connectivity index (χ0n) is 19.0. The lowest BCUT2D eigenvalue weighted by molar-refractivity contribution is -0.132. The lowest BCUT2D eigenvalue weighted by atomic mass is 9.94. The van der Waals surface area contributed by atoms with Crippen molar-refractivity contribution >= 4 is 46.3 Å². The van der Waals surface area contributed by atoms with E-state index in [9.17, 15) is 14.7 Å². The Balaban J connectivity index is 2.00. The summed E-state index contributed by atoms with van der Waals surface area (Å²) in [6.07, 6.45) is 0. The van der Waals surface area contributed by atoms with Crippen molar-refractivity contribution in [2.75, 3.05) is 26.2 Å². The van der Waals surface area contributed by atoms with Gasteiger partial charge in [0.2, 0.25) is 0 Å². The lowest BCUT2D eigenvalue weighted by Gasteiger charge is -2.26. The quantitative estimate of drug-likeness (QED) is 0.260. The SMILES string of the molecule is COc1cccc(N2C(=O)C(=O)/C(=C(/O)c3cc(Cl)c(OC)c(Cl)c3OC)C2c2ccccc2)c1. The summed E-state index contributed by atoms with van der Waals surface area (Å²) < 4.78 is 15.9. The number of carbonyl (C=O) groups excluding carboxylic acids is 2. The third kappa shape index (κ3) is 4.17. The molecule has 1 heterocycles. The molecule has 1 atom stereocenters. The molecule has 4 rings (SSSR count). The maximum absolute atomic E-state index is 13.4. The number of aliphatic hydroxyl groups is 1. The number of aliphatic hydroxyl groups excluding tert-OH is 1. The Morgan fingerprint density at radius 1 is 0.886 bits per heavy atom. The zero-order chi connectivity index (χ0) is 25.3. The molecule has 0 radical (unpaired) electrons. The van der Waals surface area contributed by atoms with Crippen LogP contribution in [-0.2, 0) is 9.59 Å². The Kier molecular flexibility index (Phi) is 6.91. The van der Waals surface area contributed by atoms with Gasteiger partial charge in [0, 0.05) is 11.8 Å². The third-order valence-electron chi connectivity index (χ3n) is 5.69. The average molecular weight is 514 g/mol. The van der Waals surface area contributed by atoms with Crippen molar-refractivity contribution < 1.29 is 28.9 Å². The summed E-state index contributed by atoms with van der Waals surface area (Å²) in [5.41, 5.74) is 0.949. The van der Waals surface area contributed by atoms with Gasteiger partial charge < -0.3 is 19.3 Å². The van der Waals surface area contributed by atoms with Crippen molar-refractivity contribution in [1.82, 2.24) is 0 Å². The molecular weight excluding hydrogens is 493 g/mol. The Hall–Kier alpha value is -3.68. The predicted octanol–water partition coefficient (Wildman–Crippen LogP) is 5.65. The van der Waals surface area contributed by atoms with Gasteiger partial charge in [-0.1, -0.05) is 59.6 Å². The molecule has 0 aromatic heterocycles. The van der Waals surface area contributed by atoms with Gasteiger partial charge in [-0.25, -0.2) is 0 Å². The molecule has 1 fully saturated rings. The number of carbonyl (C=O) groups is 2. The molecule has 1 unspecified atom stereocenters. The summed E-state index contributed by atoms with van der Waals surface area (Å²) in [5, 5.41) is 11.6. The first kappa shape index (κ1) is 24.4. The van der Waals surface area contributed by atoms with E-state index in [1.54, 1.807) is 48.5 Å². The summed E-state index contributed by atoms with van der Waals surface area (Å²) in [5.74, 6) is -1.46. The predicted molar refractivity (Wildman–Crippen MR) is 134 cm³/mol. The molecule has 0 saturated carbocycles. The number of hydrogen-bond acceptors (Lipinski definition) is 6. The van der Waals surface area contributed by atoms with Crippen LogP contribution in [0.4, 0.5) is 5.69 Å². The van der Waals surface area contributed by atoms with Crippen molar-refractivity contribution in [3.8, 4) is 17.2 Å². The second-order valence-electron chi connectivity index (χ2n) is 7.57. The van der Waals surface area contributed by atoms with Gasteiger partial charge in [0.15, 0.2) is 11.5 Å². The minimum absolute atomic E-state index is 0.0161. The van der Waals surface area contributed by atoms with E-state index in [4.69, 9.17) is 37.4 Å².